The standard InChI is InChI=1S/C33H22Cl4N2O3/c34-19-14-15-24(35)25(17-19)38-29(40)26(16-18-8-2-1-3-9-18)39-30(41)27-28(31(39)42)33(37)21-11-5-4-10-20(21)32(27,36)22-12-6-7-13-23(22)33/h1-15,17,26-28H,16H2,(H,38,40)/t26-,27-,28+,32?,33?/m0/s1. The number of benzene rings is 4. The fraction of sp³-hybridized carbons (Fsp3) is 0.182. The Morgan fingerprint density at radius 2 is 1.21 bits per heavy atom. The first kappa shape index (κ1) is 27.5. The first-order valence-electron chi connectivity index (χ1n) is 13.4. The van der Waals surface area contributed by atoms with Crippen molar-refractivity contribution in [2.75, 3.05) is 5.32 Å². The van der Waals surface area contributed by atoms with Crippen LogP contribution in [0.2, 0.25) is 10.0 Å². The molecule has 210 valence electrons. The molecule has 4 aliphatic rings. The van der Waals surface area contributed by atoms with Crippen LogP contribution in [0, 0.1) is 11.8 Å². The second-order valence-electron chi connectivity index (χ2n) is 10.8. The molecule has 1 aliphatic heterocycles. The molecule has 2 bridgehead atoms. The van der Waals surface area contributed by atoms with Gasteiger partial charge in [-0.15, -0.1) is 23.2 Å². The lowest BCUT2D eigenvalue weighted by Gasteiger charge is -2.54. The number of halogens is 4. The predicted molar refractivity (Wildman–Crippen MR) is 164 cm³/mol. The van der Waals surface area contributed by atoms with Gasteiger partial charge in [-0.1, -0.05) is 102 Å². The molecule has 0 spiro atoms. The molecule has 1 N–H and O–H groups in total. The molecule has 5 nitrogen and oxygen atoms in total. The summed E-state index contributed by atoms with van der Waals surface area (Å²) in [6.45, 7) is 0. The normalized spacial score (nSPS) is 26.0. The number of hydrogen-bond donors (Lipinski definition) is 1. The maximum atomic E-state index is 14.6. The summed E-state index contributed by atoms with van der Waals surface area (Å²) >= 11 is 27.7. The number of likely N-dealkylation sites (tertiary alicyclic amines) is 1. The van der Waals surface area contributed by atoms with Crippen molar-refractivity contribution in [1.82, 2.24) is 4.90 Å². The summed E-state index contributed by atoms with van der Waals surface area (Å²) in [6, 6.07) is 27.5. The number of hydrogen-bond acceptors (Lipinski definition) is 3. The van der Waals surface area contributed by atoms with E-state index in [0.717, 1.165) is 10.5 Å². The molecule has 1 fully saturated rings. The molecule has 3 amide bonds. The molecule has 0 saturated carbocycles. The van der Waals surface area contributed by atoms with Gasteiger partial charge in [0.05, 0.1) is 22.5 Å². The van der Waals surface area contributed by atoms with Gasteiger partial charge in [0.15, 0.2) is 0 Å². The van der Waals surface area contributed by atoms with Crippen LogP contribution < -0.4 is 5.32 Å². The van der Waals surface area contributed by atoms with E-state index in [4.69, 9.17) is 46.4 Å². The van der Waals surface area contributed by atoms with Crippen LogP contribution in [0.1, 0.15) is 27.8 Å². The zero-order valence-electron chi connectivity index (χ0n) is 21.9. The van der Waals surface area contributed by atoms with Gasteiger partial charge < -0.3 is 5.32 Å². The van der Waals surface area contributed by atoms with Gasteiger partial charge >= 0.3 is 0 Å². The molecule has 1 saturated heterocycles. The van der Waals surface area contributed by atoms with Gasteiger partial charge in [-0.25, -0.2) is 0 Å². The summed E-state index contributed by atoms with van der Waals surface area (Å²) in [5, 5.41) is 3.43. The number of alkyl halides is 2. The Kier molecular flexibility index (Phi) is 6.45. The largest absolute Gasteiger partial charge is 0.323 e. The Balaban J connectivity index is 1.37. The topological polar surface area (TPSA) is 66.5 Å². The second-order valence-corrected chi connectivity index (χ2v) is 12.9. The molecule has 4 aromatic rings. The summed E-state index contributed by atoms with van der Waals surface area (Å²) < 4.78 is 0. The van der Waals surface area contributed by atoms with Gasteiger partial charge in [-0.3, -0.25) is 19.3 Å². The lowest BCUT2D eigenvalue weighted by molar-refractivity contribution is -0.146. The Labute approximate surface area is 262 Å². The minimum absolute atomic E-state index is 0.0756. The predicted octanol–water partition coefficient (Wildman–Crippen LogP) is 7.14. The van der Waals surface area contributed by atoms with E-state index < -0.39 is 45.3 Å². The number of amides is 3. The van der Waals surface area contributed by atoms with Crippen molar-refractivity contribution in [3.05, 3.63) is 135 Å². The van der Waals surface area contributed by atoms with Crippen molar-refractivity contribution in [3.8, 4) is 0 Å². The monoisotopic (exact) mass is 634 g/mol. The second kappa shape index (κ2) is 9.85. The number of carbonyl (C=O) groups is 3. The minimum atomic E-state index is -1.35. The Morgan fingerprint density at radius 3 is 1.71 bits per heavy atom. The summed E-state index contributed by atoms with van der Waals surface area (Å²) in [4.78, 5) is 41.5. The number of rotatable bonds is 5. The number of nitrogens with one attached hydrogen (secondary N) is 1. The lowest BCUT2D eigenvalue weighted by Crippen LogP contribution is -2.57. The van der Waals surface area contributed by atoms with E-state index in [9.17, 15) is 14.4 Å². The average molecular weight is 636 g/mol. The molecular formula is C33H22Cl4N2O3. The maximum absolute atomic E-state index is 14.6. The van der Waals surface area contributed by atoms with Gasteiger partial charge in [0.25, 0.3) is 0 Å². The highest BCUT2D eigenvalue weighted by Gasteiger charge is 2.73. The average Bonchev–Trinajstić information content (AvgIpc) is 3.27. The van der Waals surface area contributed by atoms with Crippen molar-refractivity contribution in [3.63, 3.8) is 0 Å². The minimum Gasteiger partial charge on any atom is -0.323 e. The number of imide groups is 1. The maximum Gasteiger partial charge on any atom is 0.248 e. The molecule has 3 aliphatic carbocycles. The van der Waals surface area contributed by atoms with Crippen molar-refractivity contribution in [2.45, 2.75) is 22.2 Å². The molecule has 4 aromatic carbocycles. The molecule has 3 atom stereocenters. The smallest absolute Gasteiger partial charge is 0.248 e. The zero-order chi connectivity index (χ0) is 29.4. The van der Waals surface area contributed by atoms with Crippen LogP contribution in [-0.2, 0) is 30.6 Å². The quantitative estimate of drug-likeness (QED) is 0.187. The highest BCUT2D eigenvalue weighted by atomic mass is 35.5. The summed E-state index contributed by atoms with van der Waals surface area (Å²) in [5.74, 6) is -3.70. The van der Waals surface area contributed by atoms with Gasteiger partial charge in [-0.2, -0.15) is 0 Å². The highest BCUT2D eigenvalue weighted by Crippen LogP contribution is 2.69. The van der Waals surface area contributed by atoms with Crippen LogP contribution in [0.3, 0.4) is 0 Å². The van der Waals surface area contributed by atoms with Crippen molar-refractivity contribution >= 4 is 69.8 Å². The molecule has 8 rings (SSSR count). The fourth-order valence-electron chi connectivity index (χ4n) is 6.94. The summed E-state index contributed by atoms with van der Waals surface area (Å²) in [6.07, 6.45) is 0.0756. The molecule has 1 heterocycles. The SMILES string of the molecule is O=C(Nc1cc(Cl)ccc1Cl)[C@H](Cc1ccccc1)N1C(=O)[C@@H]2[C@H](C1=O)C1(Cl)c3ccccc3C2(Cl)c2ccccc21. The van der Waals surface area contributed by atoms with Crippen LogP contribution in [-0.4, -0.2) is 28.7 Å². The summed E-state index contributed by atoms with van der Waals surface area (Å²) in [5.41, 5.74) is 3.81. The third-order valence-corrected chi connectivity index (χ3v) is 10.5. The van der Waals surface area contributed by atoms with E-state index in [0.29, 0.717) is 27.3 Å². The van der Waals surface area contributed by atoms with Gasteiger partial charge in [0.2, 0.25) is 17.7 Å². The van der Waals surface area contributed by atoms with Crippen LogP contribution in [0.4, 0.5) is 5.69 Å². The molecule has 9 heteroatoms. The van der Waals surface area contributed by atoms with E-state index in [1.54, 1.807) is 12.1 Å². The highest BCUT2D eigenvalue weighted by molar-refractivity contribution is 6.37. The molecule has 0 unspecified atom stereocenters. The van der Waals surface area contributed by atoms with Gasteiger partial charge in [0.1, 0.15) is 15.8 Å². The Hall–Kier alpha value is -3.35. The van der Waals surface area contributed by atoms with E-state index in [1.165, 1.54) is 6.07 Å². The zero-order valence-corrected chi connectivity index (χ0v) is 24.9. The van der Waals surface area contributed by atoms with E-state index in [2.05, 4.69) is 5.32 Å². The van der Waals surface area contributed by atoms with Crippen molar-refractivity contribution in [2.24, 2.45) is 11.8 Å². The number of carbonyl (C=O) groups excluding carboxylic acids is 3. The van der Waals surface area contributed by atoms with Crippen LogP contribution >= 0.6 is 46.4 Å². The summed E-state index contributed by atoms with van der Waals surface area (Å²) in [7, 11) is 0. The van der Waals surface area contributed by atoms with Gasteiger partial charge in [0, 0.05) is 11.4 Å². The number of nitrogens with zero attached hydrogens (tertiary/aromatic N) is 1. The van der Waals surface area contributed by atoms with Crippen molar-refractivity contribution < 1.29 is 14.4 Å². The Morgan fingerprint density at radius 1 is 0.738 bits per heavy atom. The molecule has 42 heavy (non-hydrogen) atoms. The van der Waals surface area contributed by atoms with E-state index >= 15 is 0 Å². The van der Waals surface area contributed by atoms with E-state index in [-0.39, 0.29) is 17.1 Å². The van der Waals surface area contributed by atoms with Crippen LogP contribution in [0.5, 0.6) is 0 Å². The molecule has 0 aromatic heterocycles. The Bertz CT molecular complexity index is 1670. The first-order chi connectivity index (χ1) is 20.2. The van der Waals surface area contributed by atoms with Crippen LogP contribution in [0.25, 0.3) is 0 Å². The number of anilines is 1. The first-order valence-corrected chi connectivity index (χ1v) is 14.9. The lowest BCUT2D eigenvalue weighted by atomic mass is 9.54. The van der Waals surface area contributed by atoms with E-state index in [1.807, 2.05) is 78.9 Å². The van der Waals surface area contributed by atoms with Gasteiger partial charge in [-0.05, 0) is 46.0 Å². The third kappa shape index (κ3) is 3.74. The van der Waals surface area contributed by atoms with Crippen LogP contribution in [0.15, 0.2) is 97.1 Å². The fourth-order valence-corrected chi connectivity index (χ4v) is 8.38. The molecule has 0 radical (unpaired) electrons. The molecular weight excluding hydrogens is 614 g/mol. The third-order valence-electron chi connectivity index (χ3n) is 8.69. The van der Waals surface area contributed by atoms with Crippen molar-refractivity contribution in [1.29, 1.82) is 0 Å².